The van der Waals surface area contributed by atoms with Gasteiger partial charge >= 0.3 is 0 Å². The summed E-state index contributed by atoms with van der Waals surface area (Å²) in [7, 11) is 0. The molecular formula is C18H19NO. The van der Waals surface area contributed by atoms with E-state index in [-0.39, 0.29) is 0 Å². The Morgan fingerprint density at radius 3 is 2.85 bits per heavy atom. The van der Waals surface area contributed by atoms with E-state index in [9.17, 15) is 0 Å². The maximum Gasteiger partial charge on any atom is 0.162 e. The Morgan fingerprint density at radius 1 is 1.05 bits per heavy atom. The van der Waals surface area contributed by atoms with Crippen molar-refractivity contribution in [3.05, 3.63) is 60.3 Å². The molecule has 20 heavy (non-hydrogen) atoms. The third kappa shape index (κ3) is 1.96. The molecule has 0 amide bonds. The lowest BCUT2D eigenvalue weighted by atomic mass is 9.86. The molecular weight excluding hydrogens is 246 g/mol. The van der Waals surface area contributed by atoms with Gasteiger partial charge in [-0.2, -0.15) is 0 Å². The van der Waals surface area contributed by atoms with Crippen LogP contribution in [0.1, 0.15) is 18.4 Å². The van der Waals surface area contributed by atoms with Gasteiger partial charge in [-0.25, -0.2) is 5.48 Å². The minimum Gasteiger partial charge on any atom is -0.382 e. The predicted molar refractivity (Wildman–Crippen MR) is 80.7 cm³/mol. The molecule has 0 aromatic heterocycles. The zero-order valence-electron chi connectivity index (χ0n) is 11.4. The topological polar surface area (TPSA) is 21.3 Å². The molecule has 0 spiro atoms. The van der Waals surface area contributed by atoms with E-state index in [0.29, 0.717) is 0 Å². The standard InChI is InChI=1S/C10H12.C8H7NO/c1-2-9-7-4-5-8(6-7)10(9)3-1;1-2-4-8-7(3-1)5-6-9-10-8/h1-2,4-5,7-10H,3,6H2;1-6,9H. The number of hydroxylamine groups is 1. The van der Waals surface area contributed by atoms with E-state index < -0.39 is 0 Å². The van der Waals surface area contributed by atoms with Crippen LogP contribution < -0.4 is 10.3 Å². The van der Waals surface area contributed by atoms with Crippen molar-refractivity contribution in [1.29, 1.82) is 0 Å². The van der Waals surface area contributed by atoms with Crippen molar-refractivity contribution >= 4 is 6.08 Å². The van der Waals surface area contributed by atoms with Crippen LogP contribution in [-0.2, 0) is 0 Å². The lowest BCUT2D eigenvalue weighted by Gasteiger charge is -2.18. The smallest absolute Gasteiger partial charge is 0.162 e. The maximum atomic E-state index is 5.09. The monoisotopic (exact) mass is 265 g/mol. The van der Waals surface area contributed by atoms with Gasteiger partial charge in [0.25, 0.3) is 0 Å². The zero-order valence-corrected chi connectivity index (χ0v) is 11.4. The predicted octanol–water partition coefficient (Wildman–Crippen LogP) is 3.94. The van der Waals surface area contributed by atoms with Crippen LogP contribution in [0.15, 0.2) is 54.8 Å². The lowest BCUT2D eigenvalue weighted by molar-refractivity contribution is 0.239. The van der Waals surface area contributed by atoms with Crippen molar-refractivity contribution < 1.29 is 4.84 Å². The maximum absolute atomic E-state index is 5.09. The molecule has 4 unspecified atom stereocenters. The summed E-state index contributed by atoms with van der Waals surface area (Å²) >= 11 is 0. The van der Waals surface area contributed by atoms with Crippen LogP contribution in [0.25, 0.3) is 6.08 Å². The van der Waals surface area contributed by atoms with Gasteiger partial charge in [0.05, 0.1) is 0 Å². The summed E-state index contributed by atoms with van der Waals surface area (Å²) in [4.78, 5) is 5.09. The first-order valence-corrected chi connectivity index (χ1v) is 7.45. The normalized spacial score (nSPS) is 33.8. The number of hydrogen-bond donors (Lipinski definition) is 1. The van der Waals surface area contributed by atoms with Crippen LogP contribution in [0.3, 0.4) is 0 Å². The summed E-state index contributed by atoms with van der Waals surface area (Å²) in [6, 6.07) is 7.86. The van der Waals surface area contributed by atoms with Crippen molar-refractivity contribution in [2.24, 2.45) is 23.7 Å². The number of rotatable bonds is 0. The highest BCUT2D eigenvalue weighted by molar-refractivity contribution is 5.57. The minimum absolute atomic E-state index is 0.880. The molecule has 1 aromatic carbocycles. The van der Waals surface area contributed by atoms with Crippen LogP contribution in [0, 0.1) is 23.7 Å². The first kappa shape index (κ1) is 11.8. The summed E-state index contributed by atoms with van der Waals surface area (Å²) in [6.45, 7) is 0. The largest absolute Gasteiger partial charge is 0.382 e. The molecule has 1 saturated carbocycles. The summed E-state index contributed by atoms with van der Waals surface area (Å²) in [5.74, 6) is 4.70. The van der Waals surface area contributed by atoms with Gasteiger partial charge in [0.15, 0.2) is 5.75 Å². The highest BCUT2D eigenvalue weighted by Gasteiger charge is 2.44. The SMILES string of the molecule is C1=CC2C3C=CC(C3)C2C1.C1=Cc2ccccc2ON1. The van der Waals surface area contributed by atoms with Gasteiger partial charge < -0.3 is 4.84 Å². The van der Waals surface area contributed by atoms with Gasteiger partial charge in [0, 0.05) is 11.8 Å². The van der Waals surface area contributed by atoms with E-state index in [4.69, 9.17) is 4.84 Å². The number of para-hydroxylation sites is 1. The van der Waals surface area contributed by atoms with E-state index in [1.807, 2.05) is 30.3 Å². The summed E-state index contributed by atoms with van der Waals surface area (Å²) in [6.07, 6.45) is 16.2. The molecule has 3 aliphatic carbocycles. The second kappa shape index (κ2) is 4.86. The van der Waals surface area contributed by atoms with Gasteiger partial charge in [-0.1, -0.05) is 42.5 Å². The average Bonchev–Trinajstić information content (AvgIpc) is 3.22. The van der Waals surface area contributed by atoms with Crippen molar-refractivity contribution in [2.75, 3.05) is 0 Å². The summed E-state index contributed by atoms with van der Waals surface area (Å²) in [5, 5.41) is 0. The molecule has 1 N–H and O–H groups in total. The zero-order chi connectivity index (χ0) is 13.4. The first-order valence-electron chi connectivity index (χ1n) is 7.45. The Hall–Kier alpha value is -1.96. The molecule has 1 aromatic rings. The third-order valence-electron chi connectivity index (χ3n) is 4.87. The van der Waals surface area contributed by atoms with Crippen molar-refractivity contribution in [3.63, 3.8) is 0 Å². The second-order valence-electron chi connectivity index (χ2n) is 5.94. The lowest BCUT2D eigenvalue weighted by Crippen LogP contribution is -2.13. The molecule has 2 heteroatoms. The molecule has 1 fully saturated rings. The number of allylic oxidation sites excluding steroid dienone is 4. The molecule has 0 radical (unpaired) electrons. The molecule has 102 valence electrons. The van der Waals surface area contributed by atoms with Crippen LogP contribution in [-0.4, -0.2) is 0 Å². The summed E-state index contributed by atoms with van der Waals surface area (Å²) in [5.41, 5.74) is 3.77. The van der Waals surface area contributed by atoms with Crippen molar-refractivity contribution in [3.8, 4) is 5.75 Å². The highest BCUT2D eigenvalue weighted by Crippen LogP contribution is 2.52. The number of benzene rings is 1. The van der Waals surface area contributed by atoms with E-state index in [1.54, 1.807) is 6.20 Å². The molecule has 5 rings (SSSR count). The number of fused-ring (bicyclic) bond motifs is 6. The van der Waals surface area contributed by atoms with E-state index in [2.05, 4.69) is 29.8 Å². The van der Waals surface area contributed by atoms with E-state index in [1.165, 1.54) is 12.8 Å². The molecule has 2 bridgehead atoms. The third-order valence-corrected chi connectivity index (χ3v) is 4.87. The van der Waals surface area contributed by atoms with Crippen molar-refractivity contribution in [2.45, 2.75) is 12.8 Å². The Kier molecular flexibility index (Phi) is 2.87. The first-order chi connectivity index (χ1) is 9.92. The second-order valence-corrected chi connectivity index (χ2v) is 5.94. The molecule has 4 aliphatic rings. The van der Waals surface area contributed by atoms with E-state index >= 15 is 0 Å². The van der Waals surface area contributed by atoms with Crippen LogP contribution in [0.5, 0.6) is 5.75 Å². The minimum atomic E-state index is 0.880. The Bertz CT molecular complexity index is 587. The molecule has 1 aliphatic heterocycles. The van der Waals surface area contributed by atoms with Crippen LogP contribution in [0.2, 0.25) is 0 Å². The Balaban J connectivity index is 0.000000106. The van der Waals surface area contributed by atoms with Gasteiger partial charge in [0.1, 0.15) is 0 Å². The quantitative estimate of drug-likeness (QED) is 0.717. The molecule has 1 heterocycles. The molecule has 2 nitrogen and oxygen atoms in total. The van der Waals surface area contributed by atoms with Crippen LogP contribution >= 0.6 is 0 Å². The number of nitrogens with one attached hydrogen (secondary N) is 1. The summed E-state index contributed by atoms with van der Waals surface area (Å²) < 4.78 is 0. The Morgan fingerprint density at radius 2 is 1.95 bits per heavy atom. The van der Waals surface area contributed by atoms with Crippen molar-refractivity contribution in [1.82, 2.24) is 5.48 Å². The fraction of sp³-hybridized carbons (Fsp3) is 0.333. The fourth-order valence-electron chi connectivity index (χ4n) is 3.91. The Labute approximate surface area is 119 Å². The van der Waals surface area contributed by atoms with E-state index in [0.717, 1.165) is 35.0 Å². The fourth-order valence-corrected chi connectivity index (χ4v) is 3.91. The van der Waals surface area contributed by atoms with Gasteiger partial charge in [0.2, 0.25) is 0 Å². The molecule has 4 atom stereocenters. The van der Waals surface area contributed by atoms with Gasteiger partial charge in [-0.05, 0) is 48.7 Å². The van der Waals surface area contributed by atoms with Gasteiger partial charge in [-0.3, -0.25) is 0 Å². The van der Waals surface area contributed by atoms with Gasteiger partial charge in [-0.15, -0.1) is 0 Å². The number of hydrogen-bond acceptors (Lipinski definition) is 2. The molecule has 0 saturated heterocycles. The highest BCUT2D eigenvalue weighted by atomic mass is 16.6. The van der Waals surface area contributed by atoms with Crippen LogP contribution in [0.4, 0.5) is 0 Å². The average molecular weight is 265 g/mol.